The predicted octanol–water partition coefficient (Wildman–Crippen LogP) is 3.25. The number of ether oxygens (including phenoxy) is 1. The third kappa shape index (κ3) is 4.77. The van der Waals surface area contributed by atoms with Crippen LogP contribution in [0.25, 0.3) is 0 Å². The van der Waals surface area contributed by atoms with Gasteiger partial charge in [-0.25, -0.2) is 13.8 Å². The van der Waals surface area contributed by atoms with Crippen molar-refractivity contribution in [3.05, 3.63) is 53.7 Å². The predicted molar refractivity (Wildman–Crippen MR) is 78.3 cm³/mol. The Morgan fingerprint density at radius 1 is 1.24 bits per heavy atom. The van der Waals surface area contributed by atoms with Gasteiger partial charge in [0.25, 0.3) is 0 Å². The number of methoxy groups -OCH3 is 1. The fraction of sp³-hybridized carbons (Fsp3) is 0.267. The number of aromatic nitrogens is 1. The Morgan fingerprint density at radius 2 is 2.00 bits per heavy atom. The molecule has 0 spiro atoms. The molecule has 0 aliphatic rings. The average Bonchev–Trinajstić information content (AvgIpc) is 2.48. The van der Waals surface area contributed by atoms with E-state index in [1.54, 1.807) is 31.5 Å². The molecule has 2 rings (SSSR count). The lowest BCUT2D eigenvalue weighted by Crippen LogP contribution is -2.18. The van der Waals surface area contributed by atoms with Gasteiger partial charge in [-0.05, 0) is 29.8 Å². The van der Waals surface area contributed by atoms with Crippen LogP contribution in [0.15, 0.2) is 46.5 Å². The highest BCUT2D eigenvalue weighted by Gasteiger charge is 2.13. The summed E-state index contributed by atoms with van der Waals surface area (Å²) in [6.07, 6.45) is 1.59. The highest BCUT2D eigenvalue weighted by Crippen LogP contribution is 2.31. The zero-order chi connectivity index (χ0) is 15.1. The van der Waals surface area contributed by atoms with Crippen LogP contribution in [0.5, 0.6) is 0 Å². The van der Waals surface area contributed by atoms with E-state index in [-0.39, 0.29) is 4.90 Å². The molecule has 0 saturated heterocycles. The Bertz CT molecular complexity index is 558. The van der Waals surface area contributed by atoms with Crippen molar-refractivity contribution in [3.8, 4) is 0 Å². The molecule has 2 aromatic rings. The molecular weight excluding hydrogens is 294 g/mol. The number of nitrogens with zero attached hydrogens (tertiary/aromatic N) is 1. The van der Waals surface area contributed by atoms with Gasteiger partial charge in [0.15, 0.2) is 0 Å². The largest absolute Gasteiger partial charge is 0.383 e. The fourth-order valence-corrected chi connectivity index (χ4v) is 2.51. The molecule has 6 heteroatoms. The molecule has 1 aromatic heterocycles. The monoisotopic (exact) mass is 310 g/mol. The van der Waals surface area contributed by atoms with Gasteiger partial charge in [0.1, 0.15) is 16.7 Å². The van der Waals surface area contributed by atoms with E-state index in [2.05, 4.69) is 10.3 Å². The lowest BCUT2D eigenvalue weighted by atomic mass is 10.2. The molecule has 0 saturated carbocycles. The summed E-state index contributed by atoms with van der Waals surface area (Å²) >= 11 is 0.980. The van der Waals surface area contributed by atoms with E-state index in [1.807, 2.05) is 0 Å². The van der Waals surface area contributed by atoms with Crippen LogP contribution >= 0.6 is 11.8 Å². The summed E-state index contributed by atoms with van der Waals surface area (Å²) in [5.74, 6) is -1.15. The lowest BCUT2D eigenvalue weighted by Gasteiger charge is -2.08. The van der Waals surface area contributed by atoms with Crippen LogP contribution in [-0.4, -0.2) is 25.2 Å². The maximum absolute atomic E-state index is 14.0. The SMILES string of the molecule is COCCNCc1cc(F)c(Sc2ccccn2)c(F)c1. The van der Waals surface area contributed by atoms with Gasteiger partial charge in [-0.1, -0.05) is 17.8 Å². The normalized spacial score (nSPS) is 10.8. The molecule has 0 radical (unpaired) electrons. The van der Waals surface area contributed by atoms with E-state index >= 15 is 0 Å². The van der Waals surface area contributed by atoms with Crippen molar-refractivity contribution >= 4 is 11.8 Å². The van der Waals surface area contributed by atoms with Crippen molar-refractivity contribution in [2.24, 2.45) is 0 Å². The molecule has 0 unspecified atom stereocenters. The molecule has 21 heavy (non-hydrogen) atoms. The standard InChI is InChI=1S/C15H16F2N2OS/c1-20-7-6-18-10-11-8-12(16)15(13(17)9-11)21-14-4-2-3-5-19-14/h2-5,8-9,18H,6-7,10H2,1H3. The van der Waals surface area contributed by atoms with Crippen molar-refractivity contribution < 1.29 is 13.5 Å². The maximum Gasteiger partial charge on any atom is 0.140 e. The van der Waals surface area contributed by atoms with E-state index < -0.39 is 11.6 Å². The Morgan fingerprint density at radius 3 is 2.62 bits per heavy atom. The highest BCUT2D eigenvalue weighted by molar-refractivity contribution is 7.99. The Balaban J connectivity index is 2.06. The summed E-state index contributed by atoms with van der Waals surface area (Å²) in [5.41, 5.74) is 0.562. The van der Waals surface area contributed by atoms with Crippen LogP contribution in [0.4, 0.5) is 8.78 Å². The summed E-state index contributed by atoms with van der Waals surface area (Å²) in [7, 11) is 1.60. The van der Waals surface area contributed by atoms with Crippen molar-refractivity contribution in [2.75, 3.05) is 20.3 Å². The number of nitrogens with one attached hydrogen (secondary N) is 1. The van der Waals surface area contributed by atoms with Crippen molar-refractivity contribution in [1.29, 1.82) is 0 Å². The van der Waals surface area contributed by atoms with Crippen molar-refractivity contribution in [1.82, 2.24) is 10.3 Å². The molecule has 0 atom stereocenters. The van der Waals surface area contributed by atoms with Gasteiger partial charge in [0, 0.05) is 26.4 Å². The summed E-state index contributed by atoms with van der Waals surface area (Å²) in [5, 5.41) is 3.61. The molecule has 1 heterocycles. The van der Waals surface area contributed by atoms with Crippen LogP contribution < -0.4 is 5.32 Å². The van der Waals surface area contributed by atoms with Crippen molar-refractivity contribution in [3.63, 3.8) is 0 Å². The van der Waals surface area contributed by atoms with Gasteiger partial charge in [-0.2, -0.15) is 0 Å². The van der Waals surface area contributed by atoms with Crippen LogP contribution in [0.2, 0.25) is 0 Å². The third-order valence-electron chi connectivity index (χ3n) is 2.71. The lowest BCUT2D eigenvalue weighted by molar-refractivity contribution is 0.199. The second kappa shape index (κ2) is 8.07. The summed E-state index contributed by atoms with van der Waals surface area (Å²) in [4.78, 5) is 4.02. The fourth-order valence-electron chi connectivity index (χ4n) is 1.73. The van der Waals surface area contributed by atoms with E-state index in [4.69, 9.17) is 4.74 Å². The first-order chi connectivity index (χ1) is 10.2. The zero-order valence-electron chi connectivity index (χ0n) is 11.6. The molecule has 1 aromatic carbocycles. The molecule has 0 bridgehead atoms. The Kier molecular flexibility index (Phi) is 6.10. The smallest absolute Gasteiger partial charge is 0.140 e. The maximum atomic E-state index is 14.0. The second-order valence-electron chi connectivity index (χ2n) is 4.33. The number of benzene rings is 1. The van der Waals surface area contributed by atoms with Gasteiger partial charge < -0.3 is 10.1 Å². The first kappa shape index (κ1) is 15.9. The molecule has 3 nitrogen and oxygen atoms in total. The third-order valence-corrected chi connectivity index (χ3v) is 3.76. The minimum atomic E-state index is -0.575. The number of rotatable bonds is 7. The molecule has 112 valence electrons. The van der Waals surface area contributed by atoms with Crippen LogP contribution in [0.1, 0.15) is 5.56 Å². The highest BCUT2D eigenvalue weighted by atomic mass is 32.2. The Labute approximate surface area is 126 Å². The first-order valence-corrected chi connectivity index (χ1v) is 7.29. The second-order valence-corrected chi connectivity index (χ2v) is 5.36. The zero-order valence-corrected chi connectivity index (χ0v) is 12.4. The minimum Gasteiger partial charge on any atom is -0.383 e. The van der Waals surface area contributed by atoms with E-state index in [0.29, 0.717) is 30.3 Å². The van der Waals surface area contributed by atoms with Gasteiger partial charge in [0.2, 0.25) is 0 Å². The van der Waals surface area contributed by atoms with E-state index in [1.165, 1.54) is 12.1 Å². The van der Waals surface area contributed by atoms with Crippen LogP contribution in [-0.2, 0) is 11.3 Å². The number of halogens is 2. The first-order valence-electron chi connectivity index (χ1n) is 6.47. The summed E-state index contributed by atoms with van der Waals surface area (Å²) in [6.45, 7) is 1.58. The number of hydrogen-bond donors (Lipinski definition) is 1. The summed E-state index contributed by atoms with van der Waals surface area (Å²) in [6, 6.07) is 7.93. The van der Waals surface area contributed by atoms with Gasteiger partial charge in [0.05, 0.1) is 11.5 Å². The summed E-state index contributed by atoms with van der Waals surface area (Å²) < 4.78 is 33.0. The topological polar surface area (TPSA) is 34.1 Å². The number of hydrogen-bond acceptors (Lipinski definition) is 4. The van der Waals surface area contributed by atoms with Gasteiger partial charge in [-0.15, -0.1) is 0 Å². The van der Waals surface area contributed by atoms with E-state index in [9.17, 15) is 8.78 Å². The van der Waals surface area contributed by atoms with Gasteiger partial charge in [-0.3, -0.25) is 0 Å². The van der Waals surface area contributed by atoms with Crippen LogP contribution in [0.3, 0.4) is 0 Å². The molecule has 1 N–H and O–H groups in total. The minimum absolute atomic E-state index is 0.0330. The molecule has 0 aliphatic carbocycles. The van der Waals surface area contributed by atoms with Crippen LogP contribution in [0, 0.1) is 11.6 Å². The van der Waals surface area contributed by atoms with Crippen molar-refractivity contribution in [2.45, 2.75) is 16.5 Å². The molecule has 0 aliphatic heterocycles. The molecule has 0 fully saturated rings. The average molecular weight is 310 g/mol. The molecular formula is C15H16F2N2OS. The van der Waals surface area contributed by atoms with E-state index in [0.717, 1.165) is 11.8 Å². The number of pyridine rings is 1. The molecule has 0 amide bonds. The quantitative estimate of drug-likeness (QED) is 0.796. The Hall–Kier alpha value is -1.50. The van der Waals surface area contributed by atoms with Gasteiger partial charge >= 0.3 is 0 Å².